The van der Waals surface area contributed by atoms with Gasteiger partial charge in [0.05, 0.1) is 54.5 Å². The van der Waals surface area contributed by atoms with Crippen molar-refractivity contribution in [3.63, 3.8) is 0 Å². The second-order valence-electron chi connectivity index (χ2n) is 11.2. The van der Waals surface area contributed by atoms with Crippen molar-refractivity contribution in [2.45, 2.75) is 19.8 Å². The number of hydrogen-bond acceptors (Lipinski definition) is 8. The molecule has 0 saturated carbocycles. The fraction of sp³-hybridized carbons (Fsp3) is 0.314. The highest BCUT2D eigenvalue weighted by Crippen LogP contribution is 2.33. The van der Waals surface area contributed by atoms with Crippen LogP contribution in [0.5, 0.6) is 0 Å². The average molecular weight is 589 g/mol. The Hall–Kier alpha value is -4.76. The largest absolute Gasteiger partial charge is 0.466 e. The van der Waals surface area contributed by atoms with E-state index in [-0.39, 0.29) is 11.9 Å². The number of carbonyl (C=O) groups is 1. The van der Waals surface area contributed by atoms with Gasteiger partial charge in [-0.2, -0.15) is 5.10 Å². The van der Waals surface area contributed by atoms with Crippen LogP contribution in [0.15, 0.2) is 72.9 Å². The first kappa shape index (κ1) is 28.0. The maximum absolute atomic E-state index is 12.2. The summed E-state index contributed by atoms with van der Waals surface area (Å²) in [5.74, 6) is -0.0830. The molecule has 0 spiro atoms. The number of aromatic nitrogens is 4. The molecule has 2 aliphatic rings. The Morgan fingerprint density at radius 1 is 0.909 bits per heavy atom. The third-order valence-electron chi connectivity index (χ3n) is 8.53. The van der Waals surface area contributed by atoms with Gasteiger partial charge in [-0.15, -0.1) is 0 Å². The van der Waals surface area contributed by atoms with E-state index in [4.69, 9.17) is 24.5 Å². The van der Waals surface area contributed by atoms with E-state index in [0.29, 0.717) is 19.8 Å². The molecule has 5 aromatic rings. The number of nitrogens with zero attached hydrogens (tertiary/aromatic N) is 6. The normalized spacial score (nSPS) is 16.3. The molecule has 224 valence electrons. The van der Waals surface area contributed by atoms with Gasteiger partial charge < -0.3 is 19.3 Å². The molecule has 0 unspecified atom stereocenters. The topological polar surface area (TPSA) is 85.1 Å². The van der Waals surface area contributed by atoms with Crippen LogP contribution in [-0.4, -0.2) is 71.6 Å². The second-order valence-corrected chi connectivity index (χ2v) is 11.2. The number of rotatable bonds is 7. The zero-order chi connectivity index (χ0) is 29.9. The Labute approximate surface area is 256 Å². The lowest BCUT2D eigenvalue weighted by Crippen LogP contribution is -2.36. The van der Waals surface area contributed by atoms with Crippen LogP contribution >= 0.6 is 0 Å². The van der Waals surface area contributed by atoms with E-state index in [0.717, 1.165) is 89.6 Å². The van der Waals surface area contributed by atoms with Gasteiger partial charge in [-0.1, -0.05) is 36.4 Å². The predicted octanol–water partition coefficient (Wildman–Crippen LogP) is 5.73. The van der Waals surface area contributed by atoms with E-state index < -0.39 is 0 Å². The number of imidazole rings is 1. The quantitative estimate of drug-likeness (QED) is 0.223. The van der Waals surface area contributed by atoms with Gasteiger partial charge in [0.2, 0.25) is 0 Å². The van der Waals surface area contributed by atoms with Crippen molar-refractivity contribution in [1.29, 1.82) is 0 Å². The zero-order valence-electron chi connectivity index (χ0n) is 24.9. The van der Waals surface area contributed by atoms with Crippen LogP contribution in [0.1, 0.15) is 31.2 Å². The Morgan fingerprint density at radius 3 is 2.50 bits per heavy atom. The highest BCUT2D eigenvalue weighted by molar-refractivity contribution is 5.85. The average Bonchev–Trinajstić information content (AvgIpc) is 3.46. The van der Waals surface area contributed by atoms with E-state index in [9.17, 15) is 4.79 Å². The number of fused-ring (bicyclic) bond motifs is 2. The Balaban J connectivity index is 1.22. The van der Waals surface area contributed by atoms with Crippen LogP contribution in [-0.2, 0) is 14.3 Å². The predicted molar refractivity (Wildman–Crippen MR) is 174 cm³/mol. The van der Waals surface area contributed by atoms with Gasteiger partial charge in [-0.25, -0.2) is 14.5 Å². The van der Waals surface area contributed by atoms with E-state index in [1.165, 1.54) is 0 Å². The fourth-order valence-corrected chi connectivity index (χ4v) is 6.19. The highest BCUT2D eigenvalue weighted by atomic mass is 16.5. The molecule has 2 fully saturated rings. The number of piperidine rings is 1. The molecule has 2 aromatic carbocycles. The Kier molecular flexibility index (Phi) is 7.94. The maximum Gasteiger partial charge on any atom is 0.309 e. The van der Waals surface area contributed by atoms with E-state index in [1.807, 2.05) is 60.1 Å². The van der Waals surface area contributed by atoms with Gasteiger partial charge in [0.1, 0.15) is 5.69 Å². The fourth-order valence-electron chi connectivity index (χ4n) is 6.19. The first-order chi connectivity index (χ1) is 21.7. The zero-order valence-corrected chi connectivity index (χ0v) is 24.9. The summed E-state index contributed by atoms with van der Waals surface area (Å²) in [6.07, 6.45) is 7.52. The van der Waals surface area contributed by atoms with Gasteiger partial charge in [-0.3, -0.25) is 4.79 Å². The number of hydrogen-bond donors (Lipinski definition) is 0. The second kappa shape index (κ2) is 12.5. The number of para-hydroxylation sites is 1. The summed E-state index contributed by atoms with van der Waals surface area (Å²) in [7, 11) is 0. The molecule has 3 aromatic heterocycles. The maximum atomic E-state index is 12.2. The third-order valence-corrected chi connectivity index (χ3v) is 8.53. The minimum Gasteiger partial charge on any atom is -0.466 e. The van der Waals surface area contributed by atoms with Crippen molar-refractivity contribution < 1.29 is 14.3 Å². The van der Waals surface area contributed by atoms with Gasteiger partial charge in [0.15, 0.2) is 5.65 Å². The lowest BCUT2D eigenvalue weighted by Gasteiger charge is -2.32. The number of pyridine rings is 1. The van der Waals surface area contributed by atoms with Crippen LogP contribution in [0.3, 0.4) is 0 Å². The van der Waals surface area contributed by atoms with E-state index in [1.54, 1.807) is 0 Å². The first-order valence-electron chi connectivity index (χ1n) is 15.4. The van der Waals surface area contributed by atoms with Crippen molar-refractivity contribution in [2.24, 2.45) is 5.92 Å². The molecule has 5 heterocycles. The molecular weight excluding hydrogens is 552 g/mol. The summed E-state index contributed by atoms with van der Waals surface area (Å²) < 4.78 is 12.8. The van der Waals surface area contributed by atoms with Crippen LogP contribution in [0.25, 0.3) is 40.0 Å². The van der Waals surface area contributed by atoms with Gasteiger partial charge in [-0.05, 0) is 62.2 Å². The molecule has 0 radical (unpaired) electrons. The van der Waals surface area contributed by atoms with Crippen LogP contribution in [0.2, 0.25) is 0 Å². The van der Waals surface area contributed by atoms with Gasteiger partial charge in [0.25, 0.3) is 0 Å². The van der Waals surface area contributed by atoms with Gasteiger partial charge >= 0.3 is 5.97 Å². The summed E-state index contributed by atoms with van der Waals surface area (Å²) >= 11 is 0. The lowest BCUT2D eigenvalue weighted by atomic mass is 9.96. The number of benzene rings is 2. The first-order valence-corrected chi connectivity index (χ1v) is 15.4. The number of anilines is 2. The molecule has 9 nitrogen and oxygen atoms in total. The summed E-state index contributed by atoms with van der Waals surface area (Å²) in [6, 6.07) is 22.9. The van der Waals surface area contributed by atoms with Crippen molar-refractivity contribution in [3.05, 3.63) is 84.3 Å². The van der Waals surface area contributed by atoms with Crippen molar-refractivity contribution >= 4 is 46.0 Å². The number of ether oxygens (including phenoxy) is 2. The summed E-state index contributed by atoms with van der Waals surface area (Å²) in [5.41, 5.74) is 7.63. The Morgan fingerprint density at radius 2 is 1.70 bits per heavy atom. The molecule has 44 heavy (non-hydrogen) atoms. The number of morpholine rings is 1. The molecule has 0 amide bonds. The number of carbonyl (C=O) groups excluding carboxylic acids is 1. The van der Waals surface area contributed by atoms with Crippen LogP contribution in [0.4, 0.5) is 11.4 Å². The van der Waals surface area contributed by atoms with Gasteiger partial charge in [0, 0.05) is 42.8 Å². The molecule has 0 bridgehead atoms. The van der Waals surface area contributed by atoms with E-state index in [2.05, 4.69) is 46.2 Å². The van der Waals surface area contributed by atoms with Crippen LogP contribution < -0.4 is 9.80 Å². The lowest BCUT2D eigenvalue weighted by molar-refractivity contribution is -0.148. The Bertz CT molecular complexity index is 1800. The molecular formula is C35H36N6O3. The minimum absolute atomic E-state index is 0.0122. The molecule has 0 N–H and O–H groups in total. The molecule has 0 aliphatic carbocycles. The summed E-state index contributed by atoms with van der Waals surface area (Å²) in [6.45, 7) is 6.97. The smallest absolute Gasteiger partial charge is 0.309 e. The van der Waals surface area contributed by atoms with Crippen molar-refractivity contribution in [1.82, 2.24) is 19.6 Å². The molecule has 2 saturated heterocycles. The number of esters is 1. The monoisotopic (exact) mass is 588 g/mol. The third kappa shape index (κ3) is 5.63. The SMILES string of the molecule is CCOC(=O)C1CCN(c2ccc(-c3c(/C=C/c4ccc5ccccc5n4)nc4c(N5CCOCC5)ccnn34)cc2)CC1. The van der Waals surface area contributed by atoms with E-state index >= 15 is 0 Å². The summed E-state index contributed by atoms with van der Waals surface area (Å²) in [5, 5.41) is 5.89. The molecule has 2 aliphatic heterocycles. The highest BCUT2D eigenvalue weighted by Gasteiger charge is 2.26. The van der Waals surface area contributed by atoms with Crippen molar-refractivity contribution in [2.75, 3.05) is 55.8 Å². The van der Waals surface area contributed by atoms with Crippen molar-refractivity contribution in [3.8, 4) is 11.3 Å². The standard InChI is InChI=1S/C35H36N6O3/c1-2-44-35(42)27-16-19-39(20-17-27)29-12-8-26(9-13-29)33-31(14-11-28-10-7-25-5-3-4-6-30(25)37-28)38-34-32(15-18-36-41(33)34)40-21-23-43-24-22-40/h3-15,18,27H,2,16-17,19-24H2,1H3/b14-11+. The summed E-state index contributed by atoms with van der Waals surface area (Å²) in [4.78, 5) is 26.8. The molecule has 7 rings (SSSR count). The van der Waals surface area contributed by atoms with Crippen LogP contribution in [0, 0.1) is 5.92 Å². The minimum atomic E-state index is -0.0708. The molecule has 9 heteroatoms. The molecule has 0 atom stereocenters.